The average molecular weight is 362 g/mol. The number of carboxylic acids is 1. The highest BCUT2D eigenvalue weighted by molar-refractivity contribution is 6.31. The van der Waals surface area contributed by atoms with E-state index in [2.05, 4.69) is 5.10 Å². The number of rotatable bonds is 3. The number of aryl methyl sites for hydroxylation is 1. The van der Waals surface area contributed by atoms with Crippen LogP contribution in [0.5, 0.6) is 0 Å². The van der Waals surface area contributed by atoms with Crippen LogP contribution in [0.3, 0.4) is 0 Å². The Morgan fingerprint density at radius 2 is 1.88 bits per heavy atom. The third-order valence-electron chi connectivity index (χ3n) is 4.66. The largest absolute Gasteiger partial charge is 0.478 e. The second-order valence-electron chi connectivity index (χ2n) is 6.43. The number of benzene rings is 1. The minimum Gasteiger partial charge on any atom is -0.478 e. The zero-order chi connectivity index (χ0) is 18.1. The molecule has 6 nitrogen and oxygen atoms in total. The quantitative estimate of drug-likeness (QED) is 0.909. The first kappa shape index (κ1) is 17.5. The van der Waals surface area contributed by atoms with E-state index in [-0.39, 0.29) is 17.5 Å². The molecule has 2 heterocycles. The van der Waals surface area contributed by atoms with E-state index in [0.717, 1.165) is 18.4 Å². The minimum absolute atomic E-state index is 0.0209. The molecule has 132 valence electrons. The van der Waals surface area contributed by atoms with Crippen molar-refractivity contribution in [1.29, 1.82) is 0 Å². The van der Waals surface area contributed by atoms with Gasteiger partial charge in [-0.1, -0.05) is 11.6 Å². The first-order valence-electron chi connectivity index (χ1n) is 8.20. The highest BCUT2D eigenvalue weighted by Gasteiger charge is 2.27. The van der Waals surface area contributed by atoms with Crippen molar-refractivity contribution in [3.8, 4) is 0 Å². The van der Waals surface area contributed by atoms with E-state index in [1.807, 2.05) is 24.0 Å². The lowest BCUT2D eigenvalue weighted by molar-refractivity contribution is 0.0688. The van der Waals surface area contributed by atoms with Crippen molar-refractivity contribution in [2.24, 2.45) is 0 Å². The molecule has 1 aromatic heterocycles. The fraction of sp³-hybridized carbons (Fsp3) is 0.389. The van der Waals surface area contributed by atoms with Gasteiger partial charge in [-0.15, -0.1) is 0 Å². The maximum absolute atomic E-state index is 12.7. The summed E-state index contributed by atoms with van der Waals surface area (Å²) in [6.07, 6.45) is 2.88. The van der Waals surface area contributed by atoms with Gasteiger partial charge in [0.05, 0.1) is 17.9 Å². The predicted octanol–water partition coefficient (Wildman–Crippen LogP) is 3.33. The molecule has 0 radical (unpaired) electrons. The lowest BCUT2D eigenvalue weighted by Gasteiger charge is -2.32. The Morgan fingerprint density at radius 3 is 2.44 bits per heavy atom. The third-order valence-corrected chi connectivity index (χ3v) is 4.88. The summed E-state index contributed by atoms with van der Waals surface area (Å²) < 4.78 is 1.77. The number of hydrogen-bond donors (Lipinski definition) is 1. The Morgan fingerprint density at radius 1 is 1.20 bits per heavy atom. The zero-order valence-electron chi connectivity index (χ0n) is 14.2. The van der Waals surface area contributed by atoms with Gasteiger partial charge in [-0.3, -0.25) is 9.48 Å². The van der Waals surface area contributed by atoms with Crippen LogP contribution < -0.4 is 0 Å². The van der Waals surface area contributed by atoms with Crippen LogP contribution >= 0.6 is 11.6 Å². The Labute approximate surface area is 151 Å². The molecule has 1 aliphatic heterocycles. The molecule has 3 rings (SSSR count). The summed E-state index contributed by atoms with van der Waals surface area (Å²) in [6, 6.07) is 5.47. The van der Waals surface area contributed by atoms with Crippen LogP contribution in [0.1, 0.15) is 50.9 Å². The van der Waals surface area contributed by atoms with Crippen LogP contribution in [0.25, 0.3) is 0 Å². The number of carbonyl (C=O) groups is 2. The maximum atomic E-state index is 12.7. The number of carboxylic acid groups (broad SMARTS) is 1. The van der Waals surface area contributed by atoms with Gasteiger partial charge in [0.1, 0.15) is 5.56 Å². The average Bonchev–Trinajstić information content (AvgIpc) is 2.95. The minimum atomic E-state index is -0.965. The second kappa shape index (κ2) is 6.88. The Balaban J connectivity index is 1.69. The number of carbonyl (C=O) groups excluding carboxylic acids is 1. The van der Waals surface area contributed by atoms with Gasteiger partial charge in [0, 0.05) is 23.7 Å². The van der Waals surface area contributed by atoms with Crippen molar-refractivity contribution in [2.45, 2.75) is 32.7 Å². The SMILES string of the molecule is Cc1cc(Cl)cc(C(=O)N2CCC(n3ncc(C(=O)O)c3C)CC2)c1. The summed E-state index contributed by atoms with van der Waals surface area (Å²) in [7, 11) is 0. The summed E-state index contributed by atoms with van der Waals surface area (Å²) in [4.78, 5) is 25.6. The number of halogens is 1. The fourth-order valence-corrected chi connectivity index (χ4v) is 3.65. The van der Waals surface area contributed by atoms with Crippen molar-refractivity contribution in [3.05, 3.63) is 51.8 Å². The van der Waals surface area contributed by atoms with Gasteiger partial charge in [0.15, 0.2) is 0 Å². The zero-order valence-corrected chi connectivity index (χ0v) is 15.0. The molecule has 1 N–H and O–H groups in total. The number of likely N-dealkylation sites (tertiary alicyclic amines) is 1. The molecule has 0 saturated carbocycles. The molecule has 2 aromatic rings. The highest BCUT2D eigenvalue weighted by atomic mass is 35.5. The molecule has 7 heteroatoms. The van der Waals surface area contributed by atoms with E-state index in [9.17, 15) is 9.59 Å². The molecule has 25 heavy (non-hydrogen) atoms. The van der Waals surface area contributed by atoms with Crippen LogP contribution in [0.2, 0.25) is 5.02 Å². The number of nitrogens with zero attached hydrogens (tertiary/aromatic N) is 3. The molecule has 1 amide bonds. The monoisotopic (exact) mass is 361 g/mol. The lowest BCUT2D eigenvalue weighted by Crippen LogP contribution is -2.39. The summed E-state index contributed by atoms with van der Waals surface area (Å²) in [5.41, 5.74) is 2.45. The standard InChI is InChI=1S/C18H20ClN3O3/c1-11-7-13(9-14(19)8-11)17(23)21-5-3-15(4-6-21)22-12(2)16(10-20-22)18(24)25/h7-10,15H,3-6H2,1-2H3,(H,24,25). The van der Waals surface area contributed by atoms with Gasteiger partial charge < -0.3 is 10.0 Å². The van der Waals surface area contributed by atoms with E-state index in [4.69, 9.17) is 16.7 Å². The molecule has 1 aliphatic rings. The Bertz CT molecular complexity index is 803. The smallest absolute Gasteiger partial charge is 0.339 e. The normalized spacial score (nSPS) is 15.4. The number of aromatic nitrogens is 2. The van der Waals surface area contributed by atoms with Crippen LogP contribution in [0.15, 0.2) is 24.4 Å². The first-order chi connectivity index (χ1) is 11.9. The number of aromatic carboxylic acids is 1. The molecule has 0 spiro atoms. The van der Waals surface area contributed by atoms with Gasteiger partial charge in [0.25, 0.3) is 5.91 Å². The molecular weight excluding hydrogens is 342 g/mol. The molecule has 0 atom stereocenters. The molecule has 1 aromatic carbocycles. The van der Waals surface area contributed by atoms with Crippen molar-refractivity contribution >= 4 is 23.5 Å². The molecule has 0 bridgehead atoms. The Kier molecular flexibility index (Phi) is 4.81. The number of piperidine rings is 1. The van der Waals surface area contributed by atoms with Crippen molar-refractivity contribution in [2.75, 3.05) is 13.1 Å². The van der Waals surface area contributed by atoms with Gasteiger partial charge in [-0.05, 0) is 50.5 Å². The van der Waals surface area contributed by atoms with Crippen molar-refractivity contribution < 1.29 is 14.7 Å². The number of hydrogen-bond acceptors (Lipinski definition) is 3. The van der Waals surface area contributed by atoms with E-state index < -0.39 is 5.97 Å². The molecule has 0 unspecified atom stereocenters. The summed E-state index contributed by atoms with van der Waals surface area (Å²) in [5, 5.41) is 13.9. The van der Waals surface area contributed by atoms with Crippen LogP contribution in [-0.4, -0.2) is 44.8 Å². The molecule has 1 fully saturated rings. The maximum Gasteiger partial charge on any atom is 0.339 e. The topological polar surface area (TPSA) is 75.4 Å². The van der Waals surface area contributed by atoms with Gasteiger partial charge in [-0.25, -0.2) is 4.79 Å². The lowest BCUT2D eigenvalue weighted by atomic mass is 10.0. The molecular formula is C18H20ClN3O3. The van der Waals surface area contributed by atoms with E-state index >= 15 is 0 Å². The van der Waals surface area contributed by atoms with E-state index in [1.165, 1.54) is 6.20 Å². The summed E-state index contributed by atoms with van der Waals surface area (Å²) in [6.45, 7) is 4.89. The summed E-state index contributed by atoms with van der Waals surface area (Å²) in [5.74, 6) is -0.986. The Hall–Kier alpha value is -2.34. The van der Waals surface area contributed by atoms with Crippen LogP contribution in [0.4, 0.5) is 0 Å². The van der Waals surface area contributed by atoms with Crippen LogP contribution in [-0.2, 0) is 0 Å². The van der Waals surface area contributed by atoms with Gasteiger partial charge in [-0.2, -0.15) is 5.10 Å². The van der Waals surface area contributed by atoms with Gasteiger partial charge >= 0.3 is 5.97 Å². The van der Waals surface area contributed by atoms with Crippen molar-refractivity contribution in [3.63, 3.8) is 0 Å². The first-order valence-corrected chi connectivity index (χ1v) is 8.58. The van der Waals surface area contributed by atoms with Gasteiger partial charge in [0.2, 0.25) is 0 Å². The second-order valence-corrected chi connectivity index (χ2v) is 6.87. The van der Waals surface area contributed by atoms with Crippen LogP contribution in [0, 0.1) is 13.8 Å². The molecule has 1 saturated heterocycles. The molecule has 0 aliphatic carbocycles. The fourth-order valence-electron chi connectivity index (χ4n) is 3.36. The van der Waals surface area contributed by atoms with E-state index in [1.54, 1.807) is 17.7 Å². The highest BCUT2D eigenvalue weighted by Crippen LogP contribution is 2.26. The predicted molar refractivity (Wildman–Crippen MR) is 94.3 cm³/mol. The summed E-state index contributed by atoms with van der Waals surface area (Å²) >= 11 is 6.05. The van der Waals surface area contributed by atoms with Crippen molar-refractivity contribution in [1.82, 2.24) is 14.7 Å². The third kappa shape index (κ3) is 3.54. The van der Waals surface area contributed by atoms with E-state index in [0.29, 0.717) is 29.4 Å². The number of amides is 1.